The molecule has 136 valence electrons. The van der Waals surface area contributed by atoms with Crippen LogP contribution in [0, 0.1) is 5.92 Å². The van der Waals surface area contributed by atoms with Gasteiger partial charge in [0.05, 0.1) is 11.4 Å². The molecule has 1 heterocycles. The van der Waals surface area contributed by atoms with Gasteiger partial charge in [0.2, 0.25) is 5.91 Å². The molecule has 1 aromatic carbocycles. The minimum atomic E-state index is -0.265. The number of nitrogens with zero attached hydrogens (tertiary/aromatic N) is 2. The SMILES string of the molecule is CCNC(=O)n1nc(-c2cc(NC(=O)C3CC3)ccc2O)cc1C1CC1. The molecule has 2 aliphatic carbocycles. The molecule has 1 aromatic heterocycles. The summed E-state index contributed by atoms with van der Waals surface area (Å²) in [5.41, 5.74) is 2.51. The first-order valence-corrected chi connectivity index (χ1v) is 9.09. The molecule has 2 aromatic rings. The van der Waals surface area contributed by atoms with E-state index in [2.05, 4.69) is 15.7 Å². The minimum Gasteiger partial charge on any atom is -0.507 e. The number of benzene rings is 1. The van der Waals surface area contributed by atoms with Gasteiger partial charge >= 0.3 is 6.03 Å². The van der Waals surface area contributed by atoms with Crippen LogP contribution in [0.2, 0.25) is 0 Å². The van der Waals surface area contributed by atoms with Gasteiger partial charge in [0.1, 0.15) is 5.75 Å². The molecule has 2 fully saturated rings. The molecule has 2 amide bonds. The van der Waals surface area contributed by atoms with Crippen LogP contribution in [0.1, 0.15) is 44.2 Å². The summed E-state index contributed by atoms with van der Waals surface area (Å²) >= 11 is 0. The maximum absolute atomic E-state index is 12.3. The number of amides is 2. The number of carbonyl (C=O) groups is 2. The molecule has 2 saturated carbocycles. The maximum Gasteiger partial charge on any atom is 0.342 e. The molecule has 0 bridgehead atoms. The molecule has 0 spiro atoms. The number of aromatic nitrogens is 2. The van der Waals surface area contributed by atoms with Crippen LogP contribution in [0.15, 0.2) is 24.3 Å². The fourth-order valence-electron chi connectivity index (χ4n) is 2.99. The zero-order valence-corrected chi connectivity index (χ0v) is 14.7. The zero-order chi connectivity index (χ0) is 18.3. The highest BCUT2D eigenvalue weighted by Gasteiger charge is 2.31. The number of aromatic hydroxyl groups is 1. The van der Waals surface area contributed by atoms with Crippen LogP contribution in [0.5, 0.6) is 5.75 Å². The van der Waals surface area contributed by atoms with Gasteiger partial charge in [-0.05, 0) is 56.9 Å². The summed E-state index contributed by atoms with van der Waals surface area (Å²) in [6.07, 6.45) is 3.93. The number of rotatable bonds is 5. The Morgan fingerprint density at radius 2 is 2.00 bits per heavy atom. The van der Waals surface area contributed by atoms with Gasteiger partial charge in [-0.1, -0.05) is 0 Å². The Morgan fingerprint density at radius 1 is 1.23 bits per heavy atom. The lowest BCUT2D eigenvalue weighted by atomic mass is 10.1. The Hall–Kier alpha value is -2.83. The fraction of sp³-hybridized carbons (Fsp3) is 0.421. The van der Waals surface area contributed by atoms with Crippen molar-refractivity contribution in [2.75, 3.05) is 11.9 Å². The summed E-state index contributed by atoms with van der Waals surface area (Å²) in [6.45, 7) is 2.38. The van der Waals surface area contributed by atoms with E-state index in [9.17, 15) is 14.7 Å². The quantitative estimate of drug-likeness (QED) is 0.719. The van der Waals surface area contributed by atoms with Crippen molar-refractivity contribution in [3.05, 3.63) is 30.0 Å². The Kier molecular flexibility index (Phi) is 4.14. The highest BCUT2D eigenvalue weighted by molar-refractivity contribution is 5.95. The van der Waals surface area contributed by atoms with Crippen LogP contribution >= 0.6 is 0 Å². The van der Waals surface area contributed by atoms with Crippen LogP contribution in [0.25, 0.3) is 11.3 Å². The van der Waals surface area contributed by atoms with Gasteiger partial charge in [0.15, 0.2) is 0 Å². The highest BCUT2D eigenvalue weighted by atomic mass is 16.3. The fourth-order valence-corrected chi connectivity index (χ4v) is 2.99. The largest absolute Gasteiger partial charge is 0.507 e. The van der Waals surface area contributed by atoms with E-state index in [1.807, 2.05) is 13.0 Å². The van der Waals surface area contributed by atoms with E-state index in [0.29, 0.717) is 29.4 Å². The summed E-state index contributed by atoms with van der Waals surface area (Å²) in [6, 6.07) is 6.51. The summed E-state index contributed by atoms with van der Waals surface area (Å²) in [5.74, 6) is 0.509. The first-order chi connectivity index (χ1) is 12.6. The summed E-state index contributed by atoms with van der Waals surface area (Å²) in [4.78, 5) is 24.3. The van der Waals surface area contributed by atoms with Crippen LogP contribution in [-0.2, 0) is 4.79 Å². The normalized spacial score (nSPS) is 16.3. The van der Waals surface area contributed by atoms with Gasteiger partial charge in [-0.25, -0.2) is 4.79 Å². The summed E-state index contributed by atoms with van der Waals surface area (Å²) < 4.78 is 1.39. The number of nitrogens with one attached hydrogen (secondary N) is 2. The Labute approximate surface area is 151 Å². The number of hydrogen-bond acceptors (Lipinski definition) is 4. The van der Waals surface area contributed by atoms with E-state index < -0.39 is 0 Å². The first-order valence-electron chi connectivity index (χ1n) is 9.09. The highest BCUT2D eigenvalue weighted by Crippen LogP contribution is 2.42. The average molecular weight is 354 g/mol. The summed E-state index contributed by atoms with van der Waals surface area (Å²) in [5, 5.41) is 20.3. The lowest BCUT2D eigenvalue weighted by Crippen LogP contribution is -2.30. The van der Waals surface area contributed by atoms with Crippen molar-refractivity contribution < 1.29 is 14.7 Å². The van der Waals surface area contributed by atoms with E-state index >= 15 is 0 Å². The predicted octanol–water partition coefficient (Wildman–Crippen LogP) is 3.06. The smallest absolute Gasteiger partial charge is 0.342 e. The topological polar surface area (TPSA) is 96.3 Å². The molecule has 7 nitrogen and oxygen atoms in total. The number of anilines is 1. The van der Waals surface area contributed by atoms with E-state index in [1.165, 1.54) is 4.68 Å². The van der Waals surface area contributed by atoms with E-state index in [4.69, 9.17) is 0 Å². The predicted molar refractivity (Wildman–Crippen MR) is 97.1 cm³/mol. The molecular formula is C19H22N4O3. The molecule has 7 heteroatoms. The van der Waals surface area contributed by atoms with Crippen LogP contribution in [-0.4, -0.2) is 33.4 Å². The van der Waals surface area contributed by atoms with Gasteiger partial charge in [-0.2, -0.15) is 9.78 Å². The van der Waals surface area contributed by atoms with Crippen molar-refractivity contribution in [3.8, 4) is 17.0 Å². The van der Waals surface area contributed by atoms with Crippen LogP contribution < -0.4 is 10.6 Å². The molecular weight excluding hydrogens is 332 g/mol. The van der Waals surface area contributed by atoms with E-state index in [1.54, 1.807) is 18.2 Å². The molecule has 0 aliphatic heterocycles. The zero-order valence-electron chi connectivity index (χ0n) is 14.7. The van der Waals surface area contributed by atoms with Crippen LogP contribution in [0.3, 0.4) is 0 Å². The number of carbonyl (C=O) groups excluding carboxylic acids is 2. The van der Waals surface area contributed by atoms with Crippen molar-refractivity contribution in [3.63, 3.8) is 0 Å². The second-order valence-corrected chi connectivity index (χ2v) is 6.97. The summed E-state index contributed by atoms with van der Waals surface area (Å²) in [7, 11) is 0. The number of hydrogen-bond donors (Lipinski definition) is 3. The monoisotopic (exact) mass is 354 g/mol. The second kappa shape index (κ2) is 6.48. The van der Waals surface area contributed by atoms with E-state index in [-0.39, 0.29) is 23.6 Å². The lowest BCUT2D eigenvalue weighted by Gasteiger charge is -2.08. The van der Waals surface area contributed by atoms with Gasteiger partial charge in [0, 0.05) is 29.6 Å². The average Bonchev–Trinajstić information content (AvgIpc) is 3.53. The van der Waals surface area contributed by atoms with Crippen molar-refractivity contribution in [2.24, 2.45) is 5.92 Å². The molecule has 0 unspecified atom stereocenters. The van der Waals surface area contributed by atoms with Gasteiger partial charge in [-0.3, -0.25) is 4.79 Å². The Morgan fingerprint density at radius 3 is 2.65 bits per heavy atom. The van der Waals surface area contributed by atoms with Crippen molar-refractivity contribution in [2.45, 2.75) is 38.5 Å². The molecule has 0 atom stereocenters. The third kappa shape index (κ3) is 3.29. The number of phenolic OH excluding ortho intramolecular Hbond substituents is 1. The lowest BCUT2D eigenvalue weighted by molar-refractivity contribution is -0.117. The van der Waals surface area contributed by atoms with Gasteiger partial charge < -0.3 is 15.7 Å². The maximum atomic E-state index is 12.3. The Bertz CT molecular complexity index is 866. The third-order valence-electron chi connectivity index (χ3n) is 4.74. The number of phenols is 1. The van der Waals surface area contributed by atoms with Crippen molar-refractivity contribution in [1.29, 1.82) is 0 Å². The molecule has 3 N–H and O–H groups in total. The van der Waals surface area contributed by atoms with E-state index in [0.717, 1.165) is 31.4 Å². The Balaban J connectivity index is 1.66. The van der Waals surface area contributed by atoms with Crippen molar-refractivity contribution >= 4 is 17.6 Å². The molecule has 26 heavy (non-hydrogen) atoms. The standard InChI is InChI=1S/C19H22N4O3/c1-2-20-19(26)23-16(11-3-4-11)10-15(22-23)14-9-13(7-8-17(14)24)21-18(25)12-5-6-12/h7-12,24H,2-6H2,1H3,(H,20,26)(H,21,25). The van der Waals surface area contributed by atoms with Gasteiger partial charge in [0.25, 0.3) is 0 Å². The van der Waals surface area contributed by atoms with Crippen molar-refractivity contribution in [1.82, 2.24) is 15.1 Å². The third-order valence-corrected chi connectivity index (χ3v) is 4.74. The molecule has 4 rings (SSSR count). The van der Waals surface area contributed by atoms with Gasteiger partial charge in [-0.15, -0.1) is 0 Å². The second-order valence-electron chi connectivity index (χ2n) is 6.97. The van der Waals surface area contributed by atoms with Crippen LogP contribution in [0.4, 0.5) is 10.5 Å². The molecule has 0 saturated heterocycles. The molecule has 0 radical (unpaired) electrons. The minimum absolute atomic E-state index is 0.00756. The first kappa shape index (κ1) is 16.6. The molecule has 2 aliphatic rings.